The Hall–Kier alpha value is -2.08. The third kappa shape index (κ3) is 5.23. The summed E-state index contributed by atoms with van der Waals surface area (Å²) < 4.78 is 5.39. The van der Waals surface area contributed by atoms with Crippen LogP contribution in [0.5, 0.6) is 5.75 Å². The largest absolute Gasteiger partial charge is 0.496 e. The molecule has 0 unspecified atom stereocenters. The Kier molecular flexibility index (Phi) is 7.06. The van der Waals surface area contributed by atoms with Gasteiger partial charge in [-0.2, -0.15) is 0 Å². The topological polar surface area (TPSA) is 58.5 Å². The smallest absolute Gasteiger partial charge is 0.191 e. The number of nitrogens with zero attached hydrogens (tertiary/aromatic N) is 2. The van der Waals surface area contributed by atoms with Crippen molar-refractivity contribution >= 4 is 17.3 Å². The lowest BCUT2D eigenvalue weighted by atomic mass is 10.1. The summed E-state index contributed by atoms with van der Waals surface area (Å²) in [4.78, 5) is 10.3. The lowest BCUT2D eigenvalue weighted by Gasteiger charge is -2.12. The van der Waals surface area contributed by atoms with Crippen molar-refractivity contribution in [2.45, 2.75) is 33.7 Å². The zero-order valence-electron chi connectivity index (χ0n) is 14.8. The Morgan fingerprint density at radius 3 is 2.71 bits per heavy atom. The molecule has 0 aliphatic carbocycles. The first kappa shape index (κ1) is 18.3. The number of para-hydroxylation sites is 1. The quantitative estimate of drug-likeness (QED) is 0.597. The molecule has 1 aromatic heterocycles. The highest BCUT2D eigenvalue weighted by Crippen LogP contribution is 2.18. The van der Waals surface area contributed by atoms with Crippen LogP contribution >= 0.6 is 11.3 Å². The maximum absolute atomic E-state index is 5.39. The molecule has 2 rings (SSSR count). The summed E-state index contributed by atoms with van der Waals surface area (Å²) in [6, 6.07) is 8.10. The predicted molar refractivity (Wildman–Crippen MR) is 101 cm³/mol. The van der Waals surface area contributed by atoms with Crippen LogP contribution in [0, 0.1) is 13.8 Å². The number of ether oxygens (including phenoxy) is 1. The summed E-state index contributed by atoms with van der Waals surface area (Å²) in [6.07, 6.45) is 0.882. The van der Waals surface area contributed by atoms with Gasteiger partial charge in [-0.05, 0) is 38.8 Å². The normalized spacial score (nSPS) is 11.4. The van der Waals surface area contributed by atoms with E-state index in [4.69, 9.17) is 4.74 Å². The Balaban J connectivity index is 1.93. The molecule has 0 aliphatic rings. The van der Waals surface area contributed by atoms with Gasteiger partial charge in [-0.15, -0.1) is 11.3 Å². The molecule has 0 aliphatic heterocycles. The number of hydrogen-bond donors (Lipinski definition) is 2. The number of aliphatic imine (C=N–C) groups is 1. The van der Waals surface area contributed by atoms with E-state index in [9.17, 15) is 0 Å². The highest BCUT2D eigenvalue weighted by atomic mass is 32.1. The van der Waals surface area contributed by atoms with Crippen molar-refractivity contribution in [2.24, 2.45) is 4.99 Å². The summed E-state index contributed by atoms with van der Waals surface area (Å²) in [5, 5.41) is 7.76. The molecule has 0 saturated heterocycles. The van der Waals surface area contributed by atoms with E-state index in [0.29, 0.717) is 6.54 Å². The van der Waals surface area contributed by atoms with E-state index in [1.807, 2.05) is 32.0 Å². The summed E-state index contributed by atoms with van der Waals surface area (Å²) >= 11 is 1.71. The molecule has 2 aromatic rings. The number of thiazole rings is 1. The molecule has 0 radical (unpaired) electrons. The SMILES string of the molecule is CCNC(=NCc1sc(C)nc1C)NCCc1ccccc1OC. The maximum Gasteiger partial charge on any atom is 0.191 e. The average Bonchev–Trinajstić information content (AvgIpc) is 2.90. The Morgan fingerprint density at radius 2 is 2.04 bits per heavy atom. The summed E-state index contributed by atoms with van der Waals surface area (Å²) in [6.45, 7) is 8.42. The Morgan fingerprint density at radius 1 is 1.25 bits per heavy atom. The van der Waals surface area contributed by atoms with E-state index in [1.54, 1.807) is 18.4 Å². The fourth-order valence-electron chi connectivity index (χ4n) is 2.44. The molecule has 0 spiro atoms. The van der Waals surface area contributed by atoms with Gasteiger partial charge in [0.15, 0.2) is 5.96 Å². The minimum Gasteiger partial charge on any atom is -0.496 e. The number of nitrogens with one attached hydrogen (secondary N) is 2. The van der Waals surface area contributed by atoms with Gasteiger partial charge < -0.3 is 15.4 Å². The Bertz CT molecular complexity index is 681. The van der Waals surface area contributed by atoms with Gasteiger partial charge >= 0.3 is 0 Å². The van der Waals surface area contributed by atoms with Crippen LogP contribution in [0.25, 0.3) is 0 Å². The number of aryl methyl sites for hydroxylation is 2. The highest BCUT2D eigenvalue weighted by molar-refractivity contribution is 7.11. The van der Waals surface area contributed by atoms with Crippen molar-refractivity contribution in [1.29, 1.82) is 0 Å². The zero-order chi connectivity index (χ0) is 17.4. The predicted octanol–water partition coefficient (Wildman–Crippen LogP) is 3.07. The van der Waals surface area contributed by atoms with Gasteiger partial charge in [0.2, 0.25) is 0 Å². The third-order valence-corrected chi connectivity index (χ3v) is 4.66. The van der Waals surface area contributed by atoms with E-state index in [0.717, 1.165) is 41.9 Å². The van der Waals surface area contributed by atoms with Gasteiger partial charge in [-0.1, -0.05) is 18.2 Å². The monoisotopic (exact) mass is 346 g/mol. The van der Waals surface area contributed by atoms with E-state index in [2.05, 4.69) is 33.6 Å². The van der Waals surface area contributed by atoms with Gasteiger partial charge in [0.05, 0.1) is 24.4 Å². The Labute approximate surface area is 148 Å². The number of benzene rings is 1. The zero-order valence-corrected chi connectivity index (χ0v) is 15.7. The molecule has 6 heteroatoms. The van der Waals surface area contributed by atoms with Crippen LogP contribution in [0.15, 0.2) is 29.3 Å². The van der Waals surface area contributed by atoms with Crippen LogP contribution in [-0.2, 0) is 13.0 Å². The first-order chi connectivity index (χ1) is 11.6. The van der Waals surface area contributed by atoms with Gasteiger partial charge in [-0.3, -0.25) is 0 Å². The van der Waals surface area contributed by atoms with Crippen LogP contribution in [0.1, 0.15) is 28.1 Å². The lowest BCUT2D eigenvalue weighted by Crippen LogP contribution is -2.38. The molecular formula is C18H26N4OS. The number of guanidine groups is 1. The van der Waals surface area contributed by atoms with Crippen LogP contribution in [-0.4, -0.2) is 31.1 Å². The van der Waals surface area contributed by atoms with E-state index < -0.39 is 0 Å². The minimum absolute atomic E-state index is 0.654. The van der Waals surface area contributed by atoms with Crippen LogP contribution < -0.4 is 15.4 Å². The molecule has 1 heterocycles. The maximum atomic E-state index is 5.39. The molecule has 130 valence electrons. The number of hydrogen-bond acceptors (Lipinski definition) is 4. The highest BCUT2D eigenvalue weighted by Gasteiger charge is 2.05. The van der Waals surface area contributed by atoms with Crippen molar-refractivity contribution in [1.82, 2.24) is 15.6 Å². The standard InChI is InChI=1S/C18H26N4OS/c1-5-19-18(21-12-17-13(2)22-14(3)24-17)20-11-10-15-8-6-7-9-16(15)23-4/h6-9H,5,10-12H2,1-4H3,(H2,19,20,21). The van der Waals surface area contributed by atoms with Crippen molar-refractivity contribution < 1.29 is 4.74 Å². The molecular weight excluding hydrogens is 320 g/mol. The molecule has 1 aromatic carbocycles. The number of aromatic nitrogens is 1. The first-order valence-electron chi connectivity index (χ1n) is 8.21. The van der Waals surface area contributed by atoms with Crippen molar-refractivity contribution in [2.75, 3.05) is 20.2 Å². The van der Waals surface area contributed by atoms with E-state index in [1.165, 1.54) is 10.4 Å². The molecule has 0 bridgehead atoms. The second-order valence-electron chi connectivity index (χ2n) is 5.43. The minimum atomic E-state index is 0.654. The lowest BCUT2D eigenvalue weighted by molar-refractivity contribution is 0.409. The molecule has 0 fully saturated rings. The molecule has 0 amide bonds. The molecule has 5 nitrogen and oxygen atoms in total. The van der Waals surface area contributed by atoms with Crippen LogP contribution in [0.4, 0.5) is 0 Å². The van der Waals surface area contributed by atoms with E-state index >= 15 is 0 Å². The molecule has 2 N–H and O–H groups in total. The van der Waals surface area contributed by atoms with Crippen molar-refractivity contribution in [3.63, 3.8) is 0 Å². The number of rotatable bonds is 7. The first-order valence-corrected chi connectivity index (χ1v) is 9.02. The van der Waals surface area contributed by atoms with Crippen molar-refractivity contribution in [3.8, 4) is 5.75 Å². The fraction of sp³-hybridized carbons (Fsp3) is 0.444. The van der Waals surface area contributed by atoms with Gasteiger partial charge in [-0.25, -0.2) is 9.98 Å². The van der Waals surface area contributed by atoms with Crippen molar-refractivity contribution in [3.05, 3.63) is 45.4 Å². The van der Waals surface area contributed by atoms with Crippen LogP contribution in [0.2, 0.25) is 0 Å². The average molecular weight is 347 g/mol. The van der Waals surface area contributed by atoms with Gasteiger partial charge in [0.1, 0.15) is 5.75 Å². The molecule has 24 heavy (non-hydrogen) atoms. The van der Waals surface area contributed by atoms with E-state index in [-0.39, 0.29) is 0 Å². The second-order valence-corrected chi connectivity index (χ2v) is 6.71. The van der Waals surface area contributed by atoms with Gasteiger partial charge in [0.25, 0.3) is 0 Å². The number of methoxy groups -OCH3 is 1. The summed E-state index contributed by atoms with van der Waals surface area (Å²) in [5.74, 6) is 1.76. The van der Waals surface area contributed by atoms with Gasteiger partial charge in [0, 0.05) is 18.0 Å². The summed E-state index contributed by atoms with van der Waals surface area (Å²) in [7, 11) is 1.71. The van der Waals surface area contributed by atoms with Crippen LogP contribution in [0.3, 0.4) is 0 Å². The third-order valence-electron chi connectivity index (χ3n) is 3.60. The molecule has 0 atom stereocenters. The fourth-order valence-corrected chi connectivity index (χ4v) is 3.30. The summed E-state index contributed by atoms with van der Waals surface area (Å²) in [5.41, 5.74) is 2.27. The molecule has 0 saturated carbocycles. The second kappa shape index (κ2) is 9.27.